The molecule has 0 unspecified atom stereocenters. The van der Waals surface area contributed by atoms with Crippen molar-refractivity contribution < 1.29 is 4.79 Å². The molecular weight excluding hydrogens is 184 g/mol. The maximum atomic E-state index is 10.8. The molecule has 0 amide bonds. The second-order valence-corrected chi connectivity index (χ2v) is 4.13. The van der Waals surface area contributed by atoms with Gasteiger partial charge in [-0.05, 0) is 48.7 Å². The van der Waals surface area contributed by atoms with Crippen LogP contribution in [0.1, 0.15) is 27.0 Å². The number of carbonyl (C=O) groups excluding carboxylic acids is 1. The van der Waals surface area contributed by atoms with E-state index < -0.39 is 0 Å². The van der Waals surface area contributed by atoms with E-state index in [1.165, 1.54) is 21.9 Å². The van der Waals surface area contributed by atoms with E-state index in [0.717, 1.165) is 17.4 Å². The van der Waals surface area contributed by atoms with Gasteiger partial charge in [0, 0.05) is 5.56 Å². The van der Waals surface area contributed by atoms with E-state index in [2.05, 4.69) is 32.0 Å². The predicted molar refractivity (Wildman–Crippen MR) is 63.5 cm³/mol. The van der Waals surface area contributed by atoms with Gasteiger partial charge in [0.2, 0.25) is 0 Å². The van der Waals surface area contributed by atoms with E-state index in [0.29, 0.717) is 0 Å². The van der Waals surface area contributed by atoms with E-state index >= 15 is 0 Å². The zero-order valence-electron chi connectivity index (χ0n) is 9.29. The van der Waals surface area contributed by atoms with Crippen LogP contribution in [0.25, 0.3) is 10.8 Å². The van der Waals surface area contributed by atoms with Crippen molar-refractivity contribution in [3.8, 4) is 0 Å². The average molecular weight is 198 g/mol. The van der Waals surface area contributed by atoms with Crippen LogP contribution in [-0.2, 0) is 0 Å². The van der Waals surface area contributed by atoms with Crippen LogP contribution in [0.15, 0.2) is 24.3 Å². The fourth-order valence-electron chi connectivity index (χ4n) is 2.04. The van der Waals surface area contributed by atoms with Crippen molar-refractivity contribution in [2.24, 2.45) is 0 Å². The maximum absolute atomic E-state index is 10.8. The lowest BCUT2D eigenvalue weighted by Gasteiger charge is -2.07. The summed E-state index contributed by atoms with van der Waals surface area (Å²) in [5.74, 6) is 0. The van der Waals surface area contributed by atoms with Crippen molar-refractivity contribution in [2.45, 2.75) is 20.8 Å². The first-order chi connectivity index (χ1) is 7.11. The van der Waals surface area contributed by atoms with Crippen molar-refractivity contribution >= 4 is 17.1 Å². The van der Waals surface area contributed by atoms with Gasteiger partial charge in [-0.2, -0.15) is 0 Å². The molecule has 0 radical (unpaired) electrons. The first kappa shape index (κ1) is 9.91. The zero-order chi connectivity index (χ0) is 11.0. The monoisotopic (exact) mass is 198 g/mol. The zero-order valence-corrected chi connectivity index (χ0v) is 9.29. The second-order valence-electron chi connectivity index (χ2n) is 4.13. The van der Waals surface area contributed by atoms with E-state index in [1.807, 2.05) is 13.0 Å². The van der Waals surface area contributed by atoms with Crippen LogP contribution in [0.5, 0.6) is 0 Å². The molecule has 2 aromatic rings. The van der Waals surface area contributed by atoms with Gasteiger partial charge in [0.15, 0.2) is 0 Å². The lowest BCUT2D eigenvalue weighted by Crippen LogP contribution is -1.89. The van der Waals surface area contributed by atoms with Crippen LogP contribution >= 0.6 is 0 Å². The summed E-state index contributed by atoms with van der Waals surface area (Å²) in [6, 6.07) is 8.36. The molecule has 2 rings (SSSR count). The summed E-state index contributed by atoms with van der Waals surface area (Å²) in [4.78, 5) is 10.8. The molecule has 0 heterocycles. The number of benzene rings is 2. The largest absolute Gasteiger partial charge is 0.298 e. The molecule has 0 spiro atoms. The quantitative estimate of drug-likeness (QED) is 0.640. The van der Waals surface area contributed by atoms with Gasteiger partial charge in [0.25, 0.3) is 0 Å². The van der Waals surface area contributed by atoms with Crippen LogP contribution in [0.2, 0.25) is 0 Å². The third kappa shape index (κ3) is 1.65. The van der Waals surface area contributed by atoms with Gasteiger partial charge in [0.05, 0.1) is 0 Å². The van der Waals surface area contributed by atoms with Gasteiger partial charge in [-0.3, -0.25) is 4.79 Å². The highest BCUT2D eigenvalue weighted by Gasteiger charge is 2.03. The summed E-state index contributed by atoms with van der Waals surface area (Å²) in [6.07, 6.45) is 0.925. The SMILES string of the molecule is Cc1cc(C)c2cc(C=O)c(C)cc2c1. The molecule has 0 N–H and O–H groups in total. The van der Waals surface area contributed by atoms with E-state index in [9.17, 15) is 4.79 Å². The fraction of sp³-hybridized carbons (Fsp3) is 0.214. The highest BCUT2D eigenvalue weighted by molar-refractivity contribution is 5.92. The maximum Gasteiger partial charge on any atom is 0.150 e. The molecule has 0 aliphatic carbocycles. The topological polar surface area (TPSA) is 17.1 Å². The molecule has 0 aliphatic heterocycles. The third-order valence-corrected chi connectivity index (χ3v) is 2.82. The van der Waals surface area contributed by atoms with Gasteiger partial charge < -0.3 is 0 Å². The molecule has 0 fully saturated rings. The molecule has 0 saturated carbocycles. The number of carbonyl (C=O) groups is 1. The molecule has 0 aliphatic rings. The minimum absolute atomic E-state index is 0.787. The Balaban J connectivity index is 2.87. The Morgan fingerprint density at radius 3 is 2.33 bits per heavy atom. The van der Waals surface area contributed by atoms with Gasteiger partial charge >= 0.3 is 0 Å². The van der Waals surface area contributed by atoms with Crippen LogP contribution in [-0.4, -0.2) is 6.29 Å². The first-order valence-corrected chi connectivity index (χ1v) is 5.08. The Labute approximate surface area is 89.7 Å². The molecule has 15 heavy (non-hydrogen) atoms. The highest BCUT2D eigenvalue weighted by Crippen LogP contribution is 2.23. The lowest BCUT2D eigenvalue weighted by molar-refractivity contribution is 0.112. The van der Waals surface area contributed by atoms with Crippen LogP contribution in [0.3, 0.4) is 0 Å². The van der Waals surface area contributed by atoms with Crippen molar-refractivity contribution in [1.29, 1.82) is 0 Å². The third-order valence-electron chi connectivity index (χ3n) is 2.82. The number of fused-ring (bicyclic) bond motifs is 1. The van der Waals surface area contributed by atoms with E-state index in [1.54, 1.807) is 0 Å². The number of aryl methyl sites for hydroxylation is 3. The fourth-order valence-corrected chi connectivity index (χ4v) is 2.04. The molecule has 2 aromatic carbocycles. The molecule has 76 valence electrons. The second kappa shape index (κ2) is 3.50. The Bertz CT molecular complexity index is 539. The number of rotatable bonds is 1. The summed E-state index contributed by atoms with van der Waals surface area (Å²) >= 11 is 0. The molecule has 0 atom stereocenters. The Morgan fingerprint density at radius 2 is 1.67 bits per heavy atom. The Morgan fingerprint density at radius 1 is 0.933 bits per heavy atom. The summed E-state index contributed by atoms with van der Waals surface area (Å²) in [5, 5.41) is 2.39. The van der Waals surface area contributed by atoms with Crippen molar-refractivity contribution in [2.75, 3.05) is 0 Å². The van der Waals surface area contributed by atoms with E-state index in [4.69, 9.17) is 0 Å². The minimum Gasteiger partial charge on any atom is -0.298 e. The van der Waals surface area contributed by atoms with Gasteiger partial charge in [-0.1, -0.05) is 23.8 Å². The average Bonchev–Trinajstić information content (AvgIpc) is 2.16. The Hall–Kier alpha value is -1.63. The summed E-state index contributed by atoms with van der Waals surface area (Å²) < 4.78 is 0. The molecule has 1 nitrogen and oxygen atoms in total. The van der Waals surface area contributed by atoms with Crippen molar-refractivity contribution in [3.63, 3.8) is 0 Å². The standard InChI is InChI=1S/C14H14O/c1-9-4-11(3)14-7-13(8-15)10(2)6-12(14)5-9/h4-8H,1-3H3. The number of hydrogen-bond acceptors (Lipinski definition) is 1. The van der Waals surface area contributed by atoms with E-state index in [-0.39, 0.29) is 0 Å². The molecule has 1 heteroatoms. The first-order valence-electron chi connectivity index (χ1n) is 5.08. The highest BCUT2D eigenvalue weighted by atomic mass is 16.1. The van der Waals surface area contributed by atoms with Crippen LogP contribution < -0.4 is 0 Å². The Kier molecular flexibility index (Phi) is 2.31. The normalized spacial score (nSPS) is 10.6. The smallest absolute Gasteiger partial charge is 0.150 e. The van der Waals surface area contributed by atoms with Crippen LogP contribution in [0.4, 0.5) is 0 Å². The predicted octanol–water partition coefficient (Wildman–Crippen LogP) is 3.58. The van der Waals surface area contributed by atoms with Crippen LogP contribution in [0, 0.1) is 20.8 Å². The molecule has 0 bridgehead atoms. The number of hydrogen-bond donors (Lipinski definition) is 0. The lowest BCUT2D eigenvalue weighted by atomic mass is 9.97. The van der Waals surface area contributed by atoms with Gasteiger partial charge in [0.1, 0.15) is 6.29 Å². The summed E-state index contributed by atoms with van der Waals surface area (Å²) in [7, 11) is 0. The van der Waals surface area contributed by atoms with Crippen molar-refractivity contribution in [3.05, 3.63) is 46.5 Å². The molecule has 0 saturated heterocycles. The number of aldehydes is 1. The van der Waals surface area contributed by atoms with Gasteiger partial charge in [-0.25, -0.2) is 0 Å². The summed E-state index contributed by atoms with van der Waals surface area (Å²) in [6.45, 7) is 6.15. The van der Waals surface area contributed by atoms with Gasteiger partial charge in [-0.15, -0.1) is 0 Å². The molecule has 0 aromatic heterocycles. The summed E-state index contributed by atoms with van der Waals surface area (Å²) in [5.41, 5.74) is 4.32. The molecular formula is C14H14O. The van der Waals surface area contributed by atoms with Crippen molar-refractivity contribution in [1.82, 2.24) is 0 Å². The minimum atomic E-state index is 0.787.